The predicted molar refractivity (Wildman–Crippen MR) is 124 cm³/mol. The molecule has 8 heteroatoms. The van der Waals surface area contributed by atoms with Crippen molar-refractivity contribution in [1.82, 2.24) is 20.2 Å². The van der Waals surface area contributed by atoms with Crippen molar-refractivity contribution in [2.24, 2.45) is 0 Å². The molecule has 2 atom stereocenters. The van der Waals surface area contributed by atoms with Gasteiger partial charge in [-0.3, -0.25) is 10.2 Å². The molecule has 1 N–H and O–H groups in total. The Morgan fingerprint density at radius 3 is 2.94 bits per heavy atom. The number of allylic oxidation sites excluding steroid dienone is 6. The molecule has 1 aliphatic carbocycles. The van der Waals surface area contributed by atoms with Gasteiger partial charge in [0, 0.05) is 37.9 Å². The minimum absolute atomic E-state index is 0.00379. The van der Waals surface area contributed by atoms with Crippen LogP contribution in [-0.4, -0.2) is 74.5 Å². The van der Waals surface area contributed by atoms with Crippen LogP contribution in [0.3, 0.4) is 0 Å². The molecule has 2 saturated heterocycles. The number of fused-ring (bicyclic) bond motifs is 1. The van der Waals surface area contributed by atoms with Crippen LogP contribution in [0, 0.1) is 5.21 Å². The SMILES string of the molecule is CC(C1=CC=CC2NCCN12)N(C)CC(CC1=CCCC=C1)=C1N([O-])CCCS1(=O)=O. The summed E-state index contributed by atoms with van der Waals surface area (Å²) >= 11 is 0. The summed E-state index contributed by atoms with van der Waals surface area (Å²) in [5.41, 5.74) is 3.00. The first-order chi connectivity index (χ1) is 14.9. The fourth-order valence-corrected chi connectivity index (χ4v) is 6.51. The number of rotatable bonds is 6. The number of hydroxylamine groups is 2. The molecule has 0 aromatic carbocycles. The first-order valence-corrected chi connectivity index (χ1v) is 12.9. The molecular formula is C23H33N4O3S-. The van der Waals surface area contributed by atoms with Gasteiger partial charge in [-0.15, -0.1) is 0 Å². The Labute approximate surface area is 185 Å². The Morgan fingerprint density at radius 1 is 1.35 bits per heavy atom. The van der Waals surface area contributed by atoms with Crippen molar-refractivity contribution in [2.75, 3.05) is 39.0 Å². The van der Waals surface area contributed by atoms with E-state index in [2.05, 4.69) is 58.5 Å². The molecule has 170 valence electrons. The minimum atomic E-state index is -3.56. The third-order valence-electron chi connectivity index (χ3n) is 6.55. The van der Waals surface area contributed by atoms with E-state index in [4.69, 9.17) is 0 Å². The van der Waals surface area contributed by atoms with Crippen molar-refractivity contribution >= 4 is 9.84 Å². The van der Waals surface area contributed by atoms with Crippen LogP contribution in [0.5, 0.6) is 0 Å². The highest BCUT2D eigenvalue weighted by atomic mass is 32.2. The van der Waals surface area contributed by atoms with Crippen LogP contribution in [0.15, 0.2) is 58.3 Å². The molecule has 0 bridgehead atoms. The molecule has 3 aliphatic heterocycles. The summed E-state index contributed by atoms with van der Waals surface area (Å²) in [4.78, 5) is 4.52. The molecule has 0 radical (unpaired) electrons. The normalized spacial score (nSPS) is 27.8. The standard InChI is InChI=1S/C23H33N4O3S/c1-18(21-10-6-11-22-24-12-14-26(21)22)25(2)17-20(16-19-8-4-3-5-9-19)23-27(28)13-7-15-31(23,29)30/h4,6,8-11,18,22,24H,3,5,7,12-17H2,1-2H3/q-1. The van der Waals surface area contributed by atoms with Gasteiger partial charge in [-0.1, -0.05) is 24.3 Å². The van der Waals surface area contributed by atoms with E-state index in [9.17, 15) is 13.6 Å². The molecule has 4 rings (SSSR count). The van der Waals surface area contributed by atoms with Crippen LogP contribution in [-0.2, 0) is 9.84 Å². The summed E-state index contributed by atoms with van der Waals surface area (Å²) in [5.74, 6) is 0.0514. The number of sulfone groups is 1. The number of nitrogens with zero attached hydrogens (tertiary/aromatic N) is 3. The van der Waals surface area contributed by atoms with Gasteiger partial charge in [0.25, 0.3) is 0 Å². The fraction of sp³-hybridized carbons (Fsp3) is 0.565. The molecule has 31 heavy (non-hydrogen) atoms. The summed E-state index contributed by atoms with van der Waals surface area (Å²) in [6.07, 6.45) is 15.8. The largest absolute Gasteiger partial charge is 0.758 e. The number of hydrogen-bond acceptors (Lipinski definition) is 7. The molecule has 3 heterocycles. The van der Waals surface area contributed by atoms with Gasteiger partial charge in [0.2, 0.25) is 0 Å². The molecule has 0 aromatic heterocycles. The summed E-state index contributed by atoms with van der Waals surface area (Å²) in [6, 6.07) is 0.0882. The smallest absolute Gasteiger partial charge is 0.192 e. The quantitative estimate of drug-likeness (QED) is 0.673. The Balaban J connectivity index is 1.62. The topological polar surface area (TPSA) is 79.0 Å². The fourth-order valence-electron chi connectivity index (χ4n) is 4.83. The number of nitrogens with one attached hydrogen (secondary N) is 1. The highest BCUT2D eigenvalue weighted by Crippen LogP contribution is 2.30. The summed E-state index contributed by atoms with van der Waals surface area (Å²) < 4.78 is 25.8. The van der Waals surface area contributed by atoms with Gasteiger partial charge >= 0.3 is 0 Å². The summed E-state index contributed by atoms with van der Waals surface area (Å²) in [7, 11) is -1.55. The van der Waals surface area contributed by atoms with E-state index in [1.165, 1.54) is 5.70 Å². The zero-order chi connectivity index (χ0) is 22.0. The Bertz CT molecular complexity index is 948. The van der Waals surface area contributed by atoms with Gasteiger partial charge in [0.05, 0.1) is 11.9 Å². The van der Waals surface area contributed by atoms with E-state index in [-0.39, 0.29) is 29.5 Å². The van der Waals surface area contributed by atoms with Crippen LogP contribution >= 0.6 is 0 Å². The molecule has 0 saturated carbocycles. The van der Waals surface area contributed by atoms with Crippen molar-refractivity contribution in [3.63, 3.8) is 0 Å². The van der Waals surface area contributed by atoms with E-state index >= 15 is 0 Å². The molecule has 4 aliphatic rings. The molecule has 0 amide bonds. The van der Waals surface area contributed by atoms with Gasteiger partial charge in [0.15, 0.2) is 9.84 Å². The van der Waals surface area contributed by atoms with Crippen molar-refractivity contribution < 1.29 is 8.42 Å². The highest BCUT2D eigenvalue weighted by Gasteiger charge is 2.32. The van der Waals surface area contributed by atoms with E-state index < -0.39 is 9.84 Å². The van der Waals surface area contributed by atoms with Crippen LogP contribution in [0.4, 0.5) is 0 Å². The lowest BCUT2D eigenvalue weighted by atomic mass is 9.99. The van der Waals surface area contributed by atoms with Crippen molar-refractivity contribution in [3.8, 4) is 0 Å². The predicted octanol–water partition coefficient (Wildman–Crippen LogP) is 2.49. The molecule has 0 aromatic rings. The monoisotopic (exact) mass is 445 g/mol. The molecule has 7 nitrogen and oxygen atoms in total. The zero-order valence-electron chi connectivity index (χ0n) is 18.5. The van der Waals surface area contributed by atoms with E-state index in [0.717, 1.165) is 31.5 Å². The second kappa shape index (κ2) is 9.32. The van der Waals surface area contributed by atoms with Crippen LogP contribution < -0.4 is 5.32 Å². The van der Waals surface area contributed by atoms with Gasteiger partial charge < -0.3 is 15.2 Å². The summed E-state index contributed by atoms with van der Waals surface area (Å²) in [5, 5.41) is 16.9. The van der Waals surface area contributed by atoms with Crippen molar-refractivity contribution in [1.29, 1.82) is 0 Å². The molecule has 2 fully saturated rings. The lowest BCUT2D eigenvalue weighted by molar-refractivity contribution is 0.233. The third kappa shape index (κ3) is 4.82. The molecule has 2 unspecified atom stereocenters. The Kier molecular flexibility index (Phi) is 6.71. The lowest BCUT2D eigenvalue weighted by Crippen LogP contribution is -2.44. The van der Waals surface area contributed by atoms with Crippen LogP contribution in [0.1, 0.15) is 32.6 Å². The maximum absolute atomic E-state index is 12.9. The minimum Gasteiger partial charge on any atom is -0.758 e. The van der Waals surface area contributed by atoms with E-state index in [1.54, 1.807) is 0 Å². The second-order valence-electron chi connectivity index (χ2n) is 8.78. The van der Waals surface area contributed by atoms with Crippen molar-refractivity contribution in [2.45, 2.75) is 44.8 Å². The average molecular weight is 446 g/mol. The van der Waals surface area contributed by atoms with E-state index in [0.29, 0.717) is 30.0 Å². The number of likely N-dealkylation sites (N-methyl/N-ethyl adjacent to an activating group) is 1. The molecule has 0 spiro atoms. The first-order valence-electron chi connectivity index (χ1n) is 11.2. The lowest BCUT2D eigenvalue weighted by Gasteiger charge is -2.40. The van der Waals surface area contributed by atoms with Gasteiger partial charge in [-0.25, -0.2) is 8.42 Å². The zero-order valence-corrected chi connectivity index (χ0v) is 19.3. The first kappa shape index (κ1) is 22.3. The van der Waals surface area contributed by atoms with Crippen molar-refractivity contribution in [3.05, 3.63) is 63.5 Å². The van der Waals surface area contributed by atoms with Gasteiger partial charge in [-0.05, 0) is 63.0 Å². The van der Waals surface area contributed by atoms with Crippen LogP contribution in [0.2, 0.25) is 0 Å². The Hall–Kier alpha value is -1.87. The molecular weight excluding hydrogens is 412 g/mol. The van der Waals surface area contributed by atoms with Gasteiger partial charge in [0.1, 0.15) is 5.03 Å². The Morgan fingerprint density at radius 2 is 2.19 bits per heavy atom. The van der Waals surface area contributed by atoms with E-state index in [1.807, 2.05) is 7.05 Å². The van der Waals surface area contributed by atoms with Crippen LogP contribution in [0.25, 0.3) is 0 Å². The number of hydrogen-bond donors (Lipinski definition) is 1. The average Bonchev–Trinajstić information content (AvgIpc) is 3.22. The highest BCUT2D eigenvalue weighted by molar-refractivity contribution is 7.95. The summed E-state index contributed by atoms with van der Waals surface area (Å²) in [6.45, 7) is 4.72. The third-order valence-corrected chi connectivity index (χ3v) is 8.46. The maximum atomic E-state index is 12.9. The van der Waals surface area contributed by atoms with Gasteiger partial charge in [-0.2, -0.15) is 0 Å². The maximum Gasteiger partial charge on any atom is 0.192 e. The second-order valence-corrected chi connectivity index (χ2v) is 10.8.